The lowest BCUT2D eigenvalue weighted by atomic mass is 9.95. The zero-order valence-electron chi connectivity index (χ0n) is 16.4. The Balaban J connectivity index is 1.47. The van der Waals surface area contributed by atoms with Crippen molar-refractivity contribution in [1.82, 2.24) is 10.2 Å². The second kappa shape index (κ2) is 9.18. The molecule has 1 atom stereocenters. The van der Waals surface area contributed by atoms with E-state index in [2.05, 4.69) is 10.3 Å². The van der Waals surface area contributed by atoms with Gasteiger partial charge < -0.3 is 14.8 Å². The van der Waals surface area contributed by atoms with E-state index in [-0.39, 0.29) is 24.8 Å². The SMILES string of the molecule is COc1ccc(CCNC(=O)CCN2C(=O)N=C3C=CC=CC3C2=O)cc1OC. The molecule has 4 amide bonds. The quantitative estimate of drug-likeness (QED) is 0.723. The number of ether oxygens (including phenoxy) is 2. The fourth-order valence-electron chi connectivity index (χ4n) is 3.17. The monoisotopic (exact) mass is 397 g/mol. The van der Waals surface area contributed by atoms with Gasteiger partial charge in [-0.05, 0) is 30.2 Å². The van der Waals surface area contributed by atoms with Crippen molar-refractivity contribution < 1.29 is 23.9 Å². The molecule has 0 spiro atoms. The van der Waals surface area contributed by atoms with E-state index in [0.717, 1.165) is 10.5 Å². The zero-order chi connectivity index (χ0) is 20.8. The van der Waals surface area contributed by atoms with Gasteiger partial charge in [-0.15, -0.1) is 0 Å². The summed E-state index contributed by atoms with van der Waals surface area (Å²) in [4.78, 5) is 41.7. The highest BCUT2D eigenvalue weighted by atomic mass is 16.5. The van der Waals surface area contributed by atoms with Crippen molar-refractivity contribution in [3.05, 3.63) is 48.1 Å². The predicted octanol–water partition coefficient (Wildman–Crippen LogP) is 1.90. The summed E-state index contributed by atoms with van der Waals surface area (Å²) in [6.07, 6.45) is 7.47. The van der Waals surface area contributed by atoms with Crippen molar-refractivity contribution in [2.45, 2.75) is 12.8 Å². The van der Waals surface area contributed by atoms with Crippen molar-refractivity contribution in [2.75, 3.05) is 27.3 Å². The molecular formula is C21H23N3O5. The molecule has 8 nitrogen and oxygen atoms in total. The standard InChI is InChI=1S/C21H23N3O5/c1-28-17-8-7-14(13-18(17)29-2)9-11-22-19(25)10-12-24-20(26)15-5-3-4-6-16(15)23-21(24)27/h3-8,13,15H,9-12H2,1-2H3,(H,22,25). The number of methoxy groups -OCH3 is 2. The summed E-state index contributed by atoms with van der Waals surface area (Å²) in [6, 6.07) is 4.95. The molecule has 0 radical (unpaired) electrons. The molecule has 0 bridgehead atoms. The number of carbonyl (C=O) groups is 3. The third-order valence-electron chi connectivity index (χ3n) is 4.73. The smallest absolute Gasteiger partial charge is 0.350 e. The molecule has 8 heteroatoms. The van der Waals surface area contributed by atoms with Gasteiger partial charge in [0.15, 0.2) is 11.5 Å². The van der Waals surface area contributed by atoms with Crippen LogP contribution in [0, 0.1) is 5.92 Å². The predicted molar refractivity (Wildman–Crippen MR) is 107 cm³/mol. The van der Waals surface area contributed by atoms with Gasteiger partial charge >= 0.3 is 6.03 Å². The number of amides is 4. The molecule has 0 saturated heterocycles. The maximum absolute atomic E-state index is 12.5. The van der Waals surface area contributed by atoms with Gasteiger partial charge in [0.25, 0.3) is 0 Å². The van der Waals surface area contributed by atoms with Gasteiger partial charge in [-0.1, -0.05) is 24.3 Å². The number of hydrogen-bond donors (Lipinski definition) is 1. The Morgan fingerprint density at radius 2 is 1.97 bits per heavy atom. The fraction of sp³-hybridized carbons (Fsp3) is 0.333. The Bertz CT molecular complexity index is 904. The lowest BCUT2D eigenvalue weighted by Gasteiger charge is -2.28. The minimum absolute atomic E-state index is 0.00466. The molecule has 0 saturated carbocycles. The van der Waals surface area contributed by atoms with E-state index >= 15 is 0 Å². The number of fused-ring (bicyclic) bond motifs is 1. The van der Waals surface area contributed by atoms with Crippen LogP contribution in [0.2, 0.25) is 0 Å². The van der Waals surface area contributed by atoms with E-state index in [1.807, 2.05) is 18.2 Å². The fourth-order valence-corrected chi connectivity index (χ4v) is 3.17. The van der Waals surface area contributed by atoms with Gasteiger partial charge in [0, 0.05) is 19.5 Å². The van der Waals surface area contributed by atoms with Crippen molar-refractivity contribution in [1.29, 1.82) is 0 Å². The molecule has 2 aliphatic rings. The van der Waals surface area contributed by atoms with Crippen LogP contribution in [0.5, 0.6) is 11.5 Å². The normalized spacial score (nSPS) is 17.7. The highest BCUT2D eigenvalue weighted by molar-refractivity contribution is 6.21. The number of nitrogens with zero attached hydrogens (tertiary/aromatic N) is 2. The van der Waals surface area contributed by atoms with Gasteiger partial charge in [0.1, 0.15) is 0 Å². The summed E-state index contributed by atoms with van der Waals surface area (Å²) >= 11 is 0. The summed E-state index contributed by atoms with van der Waals surface area (Å²) in [5, 5.41) is 2.80. The average Bonchev–Trinajstić information content (AvgIpc) is 2.73. The number of imide groups is 1. The van der Waals surface area contributed by atoms with Gasteiger partial charge in [0.05, 0.1) is 25.8 Å². The molecule has 1 aromatic carbocycles. The van der Waals surface area contributed by atoms with Crippen molar-refractivity contribution >= 4 is 23.6 Å². The largest absolute Gasteiger partial charge is 0.493 e. The number of hydrogen-bond acceptors (Lipinski definition) is 5. The molecule has 0 fully saturated rings. The van der Waals surface area contributed by atoms with Crippen LogP contribution in [-0.2, 0) is 16.0 Å². The minimum Gasteiger partial charge on any atom is -0.493 e. The molecule has 1 N–H and O–H groups in total. The Kier molecular flexibility index (Phi) is 6.43. The van der Waals surface area contributed by atoms with Crippen LogP contribution >= 0.6 is 0 Å². The number of benzene rings is 1. The highest BCUT2D eigenvalue weighted by Gasteiger charge is 2.35. The summed E-state index contributed by atoms with van der Waals surface area (Å²) in [5.41, 5.74) is 1.43. The molecule has 0 aromatic heterocycles. The first kappa shape index (κ1) is 20.3. The number of allylic oxidation sites excluding steroid dienone is 3. The molecule has 1 aromatic rings. The molecule has 1 heterocycles. The van der Waals surface area contributed by atoms with Gasteiger partial charge in [-0.3, -0.25) is 14.5 Å². The van der Waals surface area contributed by atoms with E-state index in [0.29, 0.717) is 30.2 Å². The number of urea groups is 1. The summed E-state index contributed by atoms with van der Waals surface area (Å²) in [6.45, 7) is 0.430. The van der Waals surface area contributed by atoms with Crippen LogP contribution in [-0.4, -0.2) is 55.8 Å². The molecule has 3 rings (SSSR count). The summed E-state index contributed by atoms with van der Waals surface area (Å²) in [5.74, 6) is 0.139. The van der Waals surface area contributed by atoms with E-state index in [1.165, 1.54) is 0 Å². The second-order valence-electron chi connectivity index (χ2n) is 6.57. The number of carbonyl (C=O) groups excluding carboxylic acids is 3. The summed E-state index contributed by atoms with van der Waals surface area (Å²) in [7, 11) is 3.14. The third-order valence-corrected chi connectivity index (χ3v) is 4.73. The molecule has 1 aliphatic heterocycles. The molecular weight excluding hydrogens is 374 g/mol. The van der Waals surface area contributed by atoms with E-state index in [4.69, 9.17) is 9.47 Å². The van der Waals surface area contributed by atoms with E-state index in [1.54, 1.807) is 38.5 Å². The Morgan fingerprint density at radius 1 is 1.17 bits per heavy atom. The van der Waals surface area contributed by atoms with Crippen LogP contribution in [0.3, 0.4) is 0 Å². The summed E-state index contributed by atoms with van der Waals surface area (Å²) < 4.78 is 10.5. The van der Waals surface area contributed by atoms with E-state index < -0.39 is 11.9 Å². The lowest BCUT2D eigenvalue weighted by molar-refractivity contribution is -0.130. The first-order valence-corrected chi connectivity index (χ1v) is 9.30. The van der Waals surface area contributed by atoms with Crippen LogP contribution < -0.4 is 14.8 Å². The van der Waals surface area contributed by atoms with Crippen molar-refractivity contribution in [2.24, 2.45) is 10.9 Å². The van der Waals surface area contributed by atoms with Gasteiger partial charge in [-0.25, -0.2) is 4.79 Å². The number of rotatable bonds is 8. The van der Waals surface area contributed by atoms with Gasteiger partial charge in [0.2, 0.25) is 11.8 Å². The lowest BCUT2D eigenvalue weighted by Crippen LogP contribution is -2.47. The molecule has 152 valence electrons. The first-order valence-electron chi connectivity index (χ1n) is 9.30. The molecule has 1 aliphatic carbocycles. The van der Waals surface area contributed by atoms with Crippen LogP contribution in [0.1, 0.15) is 12.0 Å². The van der Waals surface area contributed by atoms with Crippen LogP contribution in [0.15, 0.2) is 47.5 Å². The number of aliphatic imine (C=N–C) groups is 1. The van der Waals surface area contributed by atoms with Crippen molar-refractivity contribution in [3.8, 4) is 11.5 Å². The second-order valence-corrected chi connectivity index (χ2v) is 6.57. The maximum Gasteiger partial charge on any atom is 0.350 e. The van der Waals surface area contributed by atoms with Gasteiger partial charge in [-0.2, -0.15) is 4.99 Å². The average molecular weight is 397 g/mol. The van der Waals surface area contributed by atoms with Crippen LogP contribution in [0.4, 0.5) is 4.79 Å². The van der Waals surface area contributed by atoms with Crippen LogP contribution in [0.25, 0.3) is 0 Å². The number of nitrogens with one attached hydrogen (secondary N) is 1. The zero-order valence-corrected chi connectivity index (χ0v) is 16.4. The molecule has 1 unspecified atom stereocenters. The topological polar surface area (TPSA) is 97.3 Å². The Hall–Kier alpha value is -3.42. The third kappa shape index (κ3) is 4.71. The first-order chi connectivity index (χ1) is 14.0. The Morgan fingerprint density at radius 3 is 2.72 bits per heavy atom. The molecule has 29 heavy (non-hydrogen) atoms. The Labute approximate surface area is 168 Å². The van der Waals surface area contributed by atoms with Crippen molar-refractivity contribution in [3.63, 3.8) is 0 Å². The maximum atomic E-state index is 12.5. The van der Waals surface area contributed by atoms with E-state index in [9.17, 15) is 14.4 Å². The highest BCUT2D eigenvalue weighted by Crippen LogP contribution is 2.27. The minimum atomic E-state index is -0.626.